The van der Waals surface area contributed by atoms with Crippen molar-refractivity contribution in [1.29, 1.82) is 0 Å². The van der Waals surface area contributed by atoms with E-state index in [1.807, 2.05) is 78.9 Å². The van der Waals surface area contributed by atoms with Gasteiger partial charge in [0.2, 0.25) is 5.91 Å². The maximum absolute atomic E-state index is 13.3. The van der Waals surface area contributed by atoms with Crippen LogP contribution in [-0.2, 0) is 24.3 Å². The molecule has 4 heteroatoms. The first-order valence-corrected chi connectivity index (χ1v) is 9.00. The smallest absolute Gasteiger partial charge is 0.273 e. The highest BCUT2D eigenvalue weighted by Crippen LogP contribution is 2.23. The average molecular weight is 356 g/mol. The van der Waals surface area contributed by atoms with E-state index in [2.05, 4.69) is 0 Å². The summed E-state index contributed by atoms with van der Waals surface area (Å²) in [7, 11) is 0. The molecule has 0 N–H and O–H groups in total. The highest BCUT2D eigenvalue weighted by molar-refractivity contribution is 6.00. The van der Waals surface area contributed by atoms with Gasteiger partial charge in [-0.05, 0) is 22.8 Å². The number of hydrogen-bond acceptors (Lipinski definition) is 2. The minimum Gasteiger partial charge on any atom is -0.273 e. The number of benzene rings is 3. The molecule has 0 spiro atoms. The lowest BCUT2D eigenvalue weighted by Gasteiger charge is -2.33. The van der Waals surface area contributed by atoms with Crippen LogP contribution >= 0.6 is 0 Å². The molecule has 27 heavy (non-hydrogen) atoms. The zero-order valence-corrected chi connectivity index (χ0v) is 14.9. The maximum atomic E-state index is 13.3. The molecule has 0 aliphatic carbocycles. The summed E-state index contributed by atoms with van der Waals surface area (Å²) < 4.78 is 0. The van der Waals surface area contributed by atoms with Crippen molar-refractivity contribution in [3.63, 3.8) is 0 Å². The Balaban J connectivity index is 1.74. The van der Waals surface area contributed by atoms with Gasteiger partial charge >= 0.3 is 0 Å². The van der Waals surface area contributed by atoms with Gasteiger partial charge in [0, 0.05) is 5.56 Å². The molecule has 134 valence electrons. The predicted octanol–water partition coefficient (Wildman–Crippen LogP) is 3.83. The monoisotopic (exact) mass is 356 g/mol. The van der Waals surface area contributed by atoms with Gasteiger partial charge in [0.25, 0.3) is 5.91 Å². The van der Waals surface area contributed by atoms with Gasteiger partial charge in [-0.1, -0.05) is 78.9 Å². The minimum atomic E-state index is -0.142. The lowest BCUT2D eigenvalue weighted by molar-refractivity contribution is -0.145. The number of fused-ring (bicyclic) bond motifs is 1. The summed E-state index contributed by atoms with van der Waals surface area (Å²) in [5.74, 6) is -0.218. The molecule has 0 bridgehead atoms. The van der Waals surface area contributed by atoms with Crippen molar-refractivity contribution < 1.29 is 9.59 Å². The third kappa shape index (κ3) is 3.60. The second-order valence-corrected chi connectivity index (χ2v) is 6.62. The number of carbonyl (C=O) groups excluding carboxylic acids is 2. The van der Waals surface area contributed by atoms with E-state index in [1.165, 1.54) is 0 Å². The van der Waals surface area contributed by atoms with E-state index in [-0.39, 0.29) is 18.2 Å². The van der Waals surface area contributed by atoms with Crippen molar-refractivity contribution in [3.8, 4) is 0 Å². The van der Waals surface area contributed by atoms with Crippen LogP contribution in [0.15, 0.2) is 84.9 Å². The molecule has 4 nitrogen and oxygen atoms in total. The lowest BCUT2D eigenvalue weighted by atomic mass is 10.0. The first-order valence-electron chi connectivity index (χ1n) is 9.00. The standard InChI is InChI=1S/C23H20N2O2/c26-22-15-20-13-7-8-14-21(20)23(27)25(17-19-11-5-2-6-12-19)24(22)16-18-9-3-1-4-10-18/h1-14H,15-17H2. The molecule has 3 aromatic carbocycles. The summed E-state index contributed by atoms with van der Waals surface area (Å²) in [6, 6.07) is 26.9. The van der Waals surface area contributed by atoms with E-state index < -0.39 is 0 Å². The molecule has 4 rings (SSSR count). The van der Waals surface area contributed by atoms with Gasteiger partial charge in [-0.2, -0.15) is 0 Å². The summed E-state index contributed by atoms with van der Waals surface area (Å²) >= 11 is 0. The van der Waals surface area contributed by atoms with Crippen LogP contribution in [0.4, 0.5) is 0 Å². The Bertz CT molecular complexity index is 954. The van der Waals surface area contributed by atoms with Crippen LogP contribution in [0.5, 0.6) is 0 Å². The molecule has 1 aliphatic heterocycles. The quantitative estimate of drug-likeness (QED) is 0.713. The largest absolute Gasteiger partial charge is 0.273 e. The van der Waals surface area contributed by atoms with Gasteiger partial charge in [-0.15, -0.1) is 0 Å². The number of carbonyl (C=O) groups is 2. The van der Waals surface area contributed by atoms with Gasteiger partial charge in [0.1, 0.15) is 0 Å². The zero-order chi connectivity index (χ0) is 18.6. The SMILES string of the molecule is O=C1Cc2ccccc2C(=O)N(Cc2ccccc2)N1Cc1ccccc1. The molecule has 0 aromatic heterocycles. The first kappa shape index (κ1) is 17.0. The molecule has 1 heterocycles. The summed E-state index contributed by atoms with van der Waals surface area (Å²) in [4.78, 5) is 26.4. The van der Waals surface area contributed by atoms with Gasteiger partial charge in [0.15, 0.2) is 0 Å². The third-order valence-electron chi connectivity index (χ3n) is 4.75. The van der Waals surface area contributed by atoms with Gasteiger partial charge in [0.05, 0.1) is 19.5 Å². The van der Waals surface area contributed by atoms with Crippen LogP contribution in [-0.4, -0.2) is 21.8 Å². The third-order valence-corrected chi connectivity index (χ3v) is 4.75. The summed E-state index contributed by atoms with van der Waals surface area (Å²) in [5.41, 5.74) is 3.34. The topological polar surface area (TPSA) is 40.6 Å². The van der Waals surface area contributed by atoms with Crippen molar-refractivity contribution >= 4 is 11.8 Å². The van der Waals surface area contributed by atoms with Gasteiger partial charge in [-0.3, -0.25) is 9.59 Å². The lowest BCUT2D eigenvalue weighted by Crippen LogP contribution is -2.47. The number of hydrogen-bond donors (Lipinski definition) is 0. The predicted molar refractivity (Wildman–Crippen MR) is 103 cm³/mol. The van der Waals surface area contributed by atoms with Crippen LogP contribution in [0.2, 0.25) is 0 Å². The minimum absolute atomic E-state index is 0.0758. The van der Waals surface area contributed by atoms with Crippen molar-refractivity contribution in [2.45, 2.75) is 19.5 Å². The molecule has 0 saturated heterocycles. The Hall–Kier alpha value is -3.40. The molecule has 0 atom stereocenters. The Kier molecular flexibility index (Phi) is 4.71. The first-order chi connectivity index (χ1) is 13.2. The summed E-state index contributed by atoms with van der Waals surface area (Å²) in [6.45, 7) is 0.721. The van der Waals surface area contributed by atoms with E-state index in [1.54, 1.807) is 16.1 Å². The molecule has 0 saturated carbocycles. The van der Waals surface area contributed by atoms with Crippen molar-refractivity contribution in [2.75, 3.05) is 0 Å². The Morgan fingerprint density at radius 3 is 1.78 bits per heavy atom. The van der Waals surface area contributed by atoms with Crippen molar-refractivity contribution in [2.24, 2.45) is 0 Å². The summed E-state index contributed by atoms with van der Waals surface area (Å²) in [5, 5.41) is 3.17. The Morgan fingerprint density at radius 2 is 1.15 bits per heavy atom. The van der Waals surface area contributed by atoms with E-state index in [0.29, 0.717) is 18.7 Å². The molecule has 0 unspecified atom stereocenters. The Morgan fingerprint density at radius 1 is 0.630 bits per heavy atom. The number of rotatable bonds is 4. The fourth-order valence-electron chi connectivity index (χ4n) is 3.36. The number of nitrogens with zero attached hydrogens (tertiary/aromatic N) is 2. The van der Waals surface area contributed by atoms with Crippen molar-refractivity contribution in [1.82, 2.24) is 10.0 Å². The molecule has 0 fully saturated rings. The highest BCUT2D eigenvalue weighted by Gasteiger charge is 2.32. The summed E-state index contributed by atoms with van der Waals surface area (Å²) in [6.07, 6.45) is 0.222. The molecule has 0 radical (unpaired) electrons. The van der Waals surface area contributed by atoms with Gasteiger partial charge in [-0.25, -0.2) is 10.0 Å². The normalized spacial score (nSPS) is 14.1. The molecule has 1 aliphatic rings. The highest BCUT2D eigenvalue weighted by atomic mass is 16.2. The van der Waals surface area contributed by atoms with Crippen LogP contribution in [0, 0.1) is 0 Å². The second-order valence-electron chi connectivity index (χ2n) is 6.62. The average Bonchev–Trinajstić information content (AvgIpc) is 2.80. The Labute approximate surface area is 158 Å². The second kappa shape index (κ2) is 7.46. The molecule has 2 amide bonds. The van der Waals surface area contributed by atoms with Crippen LogP contribution in [0.25, 0.3) is 0 Å². The van der Waals surface area contributed by atoms with E-state index in [9.17, 15) is 9.59 Å². The van der Waals surface area contributed by atoms with Crippen LogP contribution in [0.3, 0.4) is 0 Å². The molecule has 3 aromatic rings. The molecular formula is C23H20N2O2. The van der Waals surface area contributed by atoms with Crippen LogP contribution < -0.4 is 0 Å². The van der Waals surface area contributed by atoms with Gasteiger partial charge < -0.3 is 0 Å². The van der Waals surface area contributed by atoms with Crippen LogP contribution in [0.1, 0.15) is 27.0 Å². The number of amides is 2. The fourth-order valence-corrected chi connectivity index (χ4v) is 3.36. The van der Waals surface area contributed by atoms with E-state index >= 15 is 0 Å². The fraction of sp³-hybridized carbons (Fsp3) is 0.130. The number of hydrazine groups is 1. The maximum Gasteiger partial charge on any atom is 0.273 e. The van der Waals surface area contributed by atoms with Crippen molar-refractivity contribution in [3.05, 3.63) is 107 Å². The van der Waals surface area contributed by atoms with E-state index in [0.717, 1.165) is 16.7 Å². The van der Waals surface area contributed by atoms with E-state index in [4.69, 9.17) is 0 Å². The molecular weight excluding hydrogens is 336 g/mol. The zero-order valence-electron chi connectivity index (χ0n) is 14.9.